The molecule has 0 atom stereocenters. The van der Waals surface area contributed by atoms with E-state index in [0.717, 1.165) is 11.1 Å². The Balaban J connectivity index is 1.92. The fraction of sp³-hybridized carbons (Fsp3) is 0.238. The zero-order valence-electron chi connectivity index (χ0n) is 15.5. The van der Waals surface area contributed by atoms with Gasteiger partial charge in [0.15, 0.2) is 5.82 Å². The van der Waals surface area contributed by atoms with Crippen LogP contribution in [0.15, 0.2) is 54.6 Å². The number of morpholine rings is 1. The lowest BCUT2D eigenvalue weighted by Crippen LogP contribution is -2.47. The van der Waals surface area contributed by atoms with Crippen molar-refractivity contribution < 1.29 is 19.4 Å². The van der Waals surface area contributed by atoms with Crippen LogP contribution in [0.25, 0.3) is 10.9 Å². The Kier molecular flexibility index (Phi) is 5.10. The van der Waals surface area contributed by atoms with E-state index in [2.05, 4.69) is 5.01 Å². The molecule has 4 rings (SSSR count). The van der Waals surface area contributed by atoms with Crippen LogP contribution in [-0.4, -0.2) is 54.5 Å². The Labute approximate surface area is 162 Å². The molecule has 3 aromatic rings. The molecule has 0 aliphatic carbocycles. The van der Waals surface area contributed by atoms with Crippen LogP contribution in [0.3, 0.4) is 0 Å². The first-order valence-corrected chi connectivity index (χ1v) is 9.07. The molecule has 1 N–H and O–H groups in total. The van der Waals surface area contributed by atoms with Gasteiger partial charge in [0, 0.05) is 24.5 Å². The molecule has 0 amide bonds. The zero-order chi connectivity index (χ0) is 19.5. The van der Waals surface area contributed by atoms with Crippen molar-refractivity contribution in [2.24, 2.45) is 0 Å². The number of ether oxygens (including phenoxy) is 2. The first-order valence-electron chi connectivity index (χ1n) is 9.07. The van der Waals surface area contributed by atoms with Gasteiger partial charge in [0.05, 0.1) is 31.5 Å². The lowest BCUT2D eigenvalue weighted by Gasteiger charge is -2.38. The number of hydrazine groups is 1. The van der Waals surface area contributed by atoms with Gasteiger partial charge in [-0.2, -0.15) is 0 Å². The number of rotatable bonds is 5. The van der Waals surface area contributed by atoms with Crippen LogP contribution in [0, 0.1) is 0 Å². The minimum Gasteiger partial charge on any atom is -0.497 e. The zero-order valence-corrected chi connectivity index (χ0v) is 15.5. The summed E-state index contributed by atoms with van der Waals surface area (Å²) in [6.07, 6.45) is 0. The van der Waals surface area contributed by atoms with Gasteiger partial charge >= 0.3 is 5.97 Å². The van der Waals surface area contributed by atoms with Crippen LogP contribution >= 0.6 is 0 Å². The Morgan fingerprint density at radius 1 is 1.14 bits per heavy atom. The highest BCUT2D eigenvalue weighted by atomic mass is 16.5. The number of pyridine rings is 1. The molecule has 2 aromatic carbocycles. The van der Waals surface area contributed by atoms with Crippen LogP contribution < -0.4 is 9.75 Å². The topological polar surface area (TPSA) is 75.1 Å². The van der Waals surface area contributed by atoms with Crippen molar-refractivity contribution >= 4 is 28.4 Å². The number of aromatic carboxylic acids is 1. The molecule has 1 aromatic heterocycles. The smallest absolute Gasteiger partial charge is 0.339 e. The second kappa shape index (κ2) is 7.84. The predicted octanol–water partition coefficient (Wildman–Crippen LogP) is 3.33. The second-order valence-corrected chi connectivity index (χ2v) is 6.44. The summed E-state index contributed by atoms with van der Waals surface area (Å²) >= 11 is 0. The molecule has 7 heteroatoms. The number of para-hydroxylation sites is 1. The number of hydrogen-bond donors (Lipinski definition) is 1. The number of methoxy groups -OCH3 is 1. The molecule has 144 valence electrons. The van der Waals surface area contributed by atoms with Gasteiger partial charge in [0.1, 0.15) is 11.3 Å². The normalized spacial score (nSPS) is 14.8. The number of benzene rings is 2. The molecule has 1 fully saturated rings. The van der Waals surface area contributed by atoms with Gasteiger partial charge in [-0.25, -0.2) is 14.8 Å². The molecule has 7 nitrogen and oxygen atoms in total. The average Bonchev–Trinajstić information content (AvgIpc) is 2.74. The minimum atomic E-state index is -1.02. The van der Waals surface area contributed by atoms with Gasteiger partial charge < -0.3 is 14.6 Å². The van der Waals surface area contributed by atoms with Gasteiger partial charge in [-0.1, -0.05) is 18.2 Å². The van der Waals surface area contributed by atoms with Gasteiger partial charge in [-0.3, -0.25) is 5.01 Å². The standard InChI is InChI=1S/C21H21N3O4/c1-27-17-8-7-15-13-18(21(25)26)20(22-19(15)14-17)24(16-5-3-2-4-6-16)23-9-11-28-12-10-23/h2-8,13-14H,9-12H2,1H3,(H,25,26). The molecule has 0 radical (unpaired) electrons. The number of carboxylic acid groups (broad SMARTS) is 1. The van der Waals surface area contributed by atoms with Crippen molar-refractivity contribution in [1.82, 2.24) is 9.99 Å². The van der Waals surface area contributed by atoms with Crippen molar-refractivity contribution in [3.8, 4) is 5.75 Å². The second-order valence-electron chi connectivity index (χ2n) is 6.44. The van der Waals surface area contributed by atoms with E-state index in [1.54, 1.807) is 19.2 Å². The van der Waals surface area contributed by atoms with Crippen molar-refractivity contribution in [2.75, 3.05) is 38.4 Å². The summed E-state index contributed by atoms with van der Waals surface area (Å²) < 4.78 is 10.8. The third-order valence-electron chi connectivity index (χ3n) is 4.71. The van der Waals surface area contributed by atoms with Crippen LogP contribution in [-0.2, 0) is 4.74 Å². The number of fused-ring (bicyclic) bond motifs is 1. The SMILES string of the molecule is COc1ccc2cc(C(=O)O)c(N(c3ccccc3)N3CCOCC3)nc2c1. The highest BCUT2D eigenvalue weighted by molar-refractivity contribution is 5.99. The predicted molar refractivity (Wildman–Crippen MR) is 106 cm³/mol. The Morgan fingerprint density at radius 3 is 2.57 bits per heavy atom. The molecule has 1 saturated heterocycles. The Hall–Kier alpha value is -3.16. The first-order chi connectivity index (χ1) is 13.7. The Morgan fingerprint density at radius 2 is 1.89 bits per heavy atom. The van der Waals surface area contributed by atoms with E-state index in [4.69, 9.17) is 14.5 Å². The van der Waals surface area contributed by atoms with E-state index < -0.39 is 5.97 Å². The minimum absolute atomic E-state index is 0.146. The fourth-order valence-corrected chi connectivity index (χ4v) is 3.32. The first kappa shape index (κ1) is 18.2. The van der Waals surface area contributed by atoms with E-state index in [-0.39, 0.29) is 5.56 Å². The maximum Gasteiger partial charge on any atom is 0.339 e. The molecule has 0 saturated carbocycles. The number of aromatic nitrogens is 1. The summed E-state index contributed by atoms with van der Waals surface area (Å²) in [7, 11) is 1.59. The van der Waals surface area contributed by atoms with E-state index in [9.17, 15) is 9.90 Å². The molecular weight excluding hydrogens is 358 g/mol. The number of nitrogens with zero attached hydrogens (tertiary/aromatic N) is 3. The average molecular weight is 379 g/mol. The number of hydrogen-bond acceptors (Lipinski definition) is 6. The molecule has 0 spiro atoms. The number of carbonyl (C=O) groups is 1. The fourth-order valence-electron chi connectivity index (χ4n) is 3.32. The van der Waals surface area contributed by atoms with Crippen LogP contribution in [0.5, 0.6) is 5.75 Å². The number of anilines is 2. The summed E-state index contributed by atoms with van der Waals surface area (Å²) in [5.74, 6) is 0.0300. The largest absolute Gasteiger partial charge is 0.497 e. The summed E-state index contributed by atoms with van der Waals surface area (Å²) in [6, 6.07) is 16.8. The van der Waals surface area contributed by atoms with Crippen molar-refractivity contribution in [3.63, 3.8) is 0 Å². The molecule has 28 heavy (non-hydrogen) atoms. The molecule has 1 aliphatic heterocycles. The van der Waals surface area contributed by atoms with Crippen LogP contribution in [0.1, 0.15) is 10.4 Å². The van der Waals surface area contributed by atoms with Gasteiger partial charge in [0.2, 0.25) is 0 Å². The molecular formula is C21H21N3O4. The molecule has 0 bridgehead atoms. The highest BCUT2D eigenvalue weighted by Crippen LogP contribution is 2.32. The van der Waals surface area contributed by atoms with Crippen molar-refractivity contribution in [2.45, 2.75) is 0 Å². The lowest BCUT2D eigenvalue weighted by molar-refractivity contribution is 0.0373. The van der Waals surface area contributed by atoms with Crippen LogP contribution in [0.2, 0.25) is 0 Å². The third kappa shape index (κ3) is 3.49. The number of carboxylic acids is 1. The molecule has 1 aliphatic rings. The maximum atomic E-state index is 12.1. The van der Waals surface area contributed by atoms with Crippen LogP contribution in [0.4, 0.5) is 11.5 Å². The lowest BCUT2D eigenvalue weighted by atomic mass is 10.1. The summed E-state index contributed by atoms with van der Waals surface area (Å²) in [4.78, 5) is 16.8. The maximum absolute atomic E-state index is 12.1. The van der Waals surface area contributed by atoms with E-state index in [1.165, 1.54) is 0 Å². The Bertz CT molecular complexity index is 988. The summed E-state index contributed by atoms with van der Waals surface area (Å²) in [5.41, 5.74) is 1.67. The monoisotopic (exact) mass is 379 g/mol. The van der Waals surface area contributed by atoms with E-state index in [0.29, 0.717) is 43.4 Å². The van der Waals surface area contributed by atoms with E-state index in [1.807, 2.05) is 47.5 Å². The van der Waals surface area contributed by atoms with Crippen molar-refractivity contribution in [1.29, 1.82) is 0 Å². The summed E-state index contributed by atoms with van der Waals surface area (Å²) in [5, 5.41) is 14.6. The van der Waals surface area contributed by atoms with Gasteiger partial charge in [-0.15, -0.1) is 0 Å². The van der Waals surface area contributed by atoms with E-state index >= 15 is 0 Å². The highest BCUT2D eigenvalue weighted by Gasteiger charge is 2.27. The third-order valence-corrected chi connectivity index (χ3v) is 4.71. The van der Waals surface area contributed by atoms with Gasteiger partial charge in [0.25, 0.3) is 0 Å². The quantitative estimate of drug-likeness (QED) is 0.729. The van der Waals surface area contributed by atoms with Crippen molar-refractivity contribution in [3.05, 3.63) is 60.2 Å². The molecule has 0 unspecified atom stereocenters. The van der Waals surface area contributed by atoms with Gasteiger partial charge in [-0.05, 0) is 30.3 Å². The summed E-state index contributed by atoms with van der Waals surface area (Å²) in [6.45, 7) is 2.44. The molecule has 2 heterocycles.